The van der Waals surface area contributed by atoms with E-state index in [9.17, 15) is 9.90 Å². The molecule has 3 nitrogen and oxygen atoms in total. The first-order valence-corrected chi connectivity index (χ1v) is 5.71. The largest absolute Gasteiger partial charge is 0.480 e. The van der Waals surface area contributed by atoms with Crippen LogP contribution in [0.4, 0.5) is 0 Å². The van der Waals surface area contributed by atoms with Crippen molar-refractivity contribution >= 4 is 5.97 Å². The van der Waals surface area contributed by atoms with E-state index in [2.05, 4.69) is 5.32 Å². The van der Waals surface area contributed by atoms with E-state index in [4.69, 9.17) is 0 Å². The van der Waals surface area contributed by atoms with Crippen molar-refractivity contribution in [1.29, 1.82) is 0 Å². The van der Waals surface area contributed by atoms with Gasteiger partial charge in [-0.3, -0.25) is 4.79 Å². The van der Waals surface area contributed by atoms with E-state index in [1.165, 1.54) is 19.3 Å². The Morgan fingerprint density at radius 2 is 1.79 bits per heavy atom. The van der Waals surface area contributed by atoms with Crippen molar-refractivity contribution in [1.82, 2.24) is 5.32 Å². The van der Waals surface area contributed by atoms with E-state index in [0.717, 1.165) is 32.2 Å². The molecule has 0 aromatic rings. The lowest BCUT2D eigenvalue weighted by molar-refractivity contribution is -0.145. The first kappa shape index (κ1) is 9.97. The minimum Gasteiger partial charge on any atom is -0.480 e. The molecule has 0 amide bonds. The van der Waals surface area contributed by atoms with Crippen LogP contribution in [0.15, 0.2) is 0 Å². The van der Waals surface area contributed by atoms with Gasteiger partial charge in [0.05, 0.1) is 0 Å². The van der Waals surface area contributed by atoms with Crippen molar-refractivity contribution in [2.45, 2.75) is 51.0 Å². The van der Waals surface area contributed by atoms with Crippen molar-refractivity contribution in [3.05, 3.63) is 0 Å². The third-order valence-electron chi connectivity index (χ3n) is 3.91. The molecule has 1 saturated heterocycles. The summed E-state index contributed by atoms with van der Waals surface area (Å²) in [6, 6.07) is -0.281. The monoisotopic (exact) mass is 197 g/mol. The summed E-state index contributed by atoms with van der Waals surface area (Å²) in [5.41, 5.74) is 0.0856. The van der Waals surface area contributed by atoms with E-state index in [-0.39, 0.29) is 11.5 Å². The molecule has 0 aromatic carbocycles. The van der Waals surface area contributed by atoms with E-state index in [0.29, 0.717) is 0 Å². The van der Waals surface area contributed by atoms with Crippen molar-refractivity contribution in [3.8, 4) is 0 Å². The Kier molecular flexibility index (Phi) is 2.77. The predicted molar refractivity (Wildman–Crippen MR) is 54.2 cm³/mol. The SMILES string of the molecule is O=C(O)[C@@H]1NCCCC12CCCCC2. The van der Waals surface area contributed by atoms with Gasteiger partial charge in [-0.15, -0.1) is 0 Å². The van der Waals surface area contributed by atoms with E-state index in [1.54, 1.807) is 0 Å². The second-order valence-electron chi connectivity index (χ2n) is 4.75. The molecule has 3 heteroatoms. The predicted octanol–water partition coefficient (Wildman–Crippen LogP) is 1.77. The van der Waals surface area contributed by atoms with Crippen molar-refractivity contribution in [2.24, 2.45) is 5.41 Å². The summed E-state index contributed by atoms with van der Waals surface area (Å²) in [6.07, 6.45) is 8.18. The standard InChI is InChI=1S/C11H19NO2/c13-10(14)9-11(7-4-8-12-9)5-2-1-3-6-11/h9,12H,1-8H2,(H,13,14)/t9-/m0/s1. The number of hydrogen-bond donors (Lipinski definition) is 2. The van der Waals surface area contributed by atoms with Crippen molar-refractivity contribution in [2.75, 3.05) is 6.54 Å². The molecule has 1 atom stereocenters. The summed E-state index contributed by atoms with van der Waals surface area (Å²) in [5, 5.41) is 12.4. The fourth-order valence-electron chi connectivity index (χ4n) is 3.19. The minimum atomic E-state index is -0.647. The molecule has 14 heavy (non-hydrogen) atoms. The highest BCUT2D eigenvalue weighted by Crippen LogP contribution is 2.44. The molecule has 2 aliphatic rings. The third kappa shape index (κ3) is 1.65. The molecule has 0 bridgehead atoms. The molecule has 1 aliphatic carbocycles. The molecule has 1 aliphatic heterocycles. The lowest BCUT2D eigenvalue weighted by atomic mass is 9.65. The second kappa shape index (κ2) is 3.89. The van der Waals surface area contributed by atoms with Gasteiger partial charge in [-0.1, -0.05) is 19.3 Å². The van der Waals surface area contributed by atoms with E-state index in [1.807, 2.05) is 0 Å². The van der Waals surface area contributed by atoms with E-state index < -0.39 is 5.97 Å². The molecule has 0 aromatic heterocycles. The first-order chi connectivity index (χ1) is 6.75. The topological polar surface area (TPSA) is 49.3 Å². The van der Waals surface area contributed by atoms with Crippen molar-refractivity contribution in [3.63, 3.8) is 0 Å². The smallest absolute Gasteiger partial charge is 0.321 e. The molecule has 1 saturated carbocycles. The molecule has 1 heterocycles. The number of carboxylic acids is 1. The van der Waals surface area contributed by atoms with Crippen LogP contribution < -0.4 is 5.32 Å². The van der Waals surface area contributed by atoms with Crippen molar-refractivity contribution < 1.29 is 9.90 Å². The van der Waals surface area contributed by atoms with Gasteiger partial charge < -0.3 is 10.4 Å². The summed E-state index contributed by atoms with van der Waals surface area (Å²) in [7, 11) is 0. The number of hydrogen-bond acceptors (Lipinski definition) is 2. The Bertz CT molecular complexity index is 213. The van der Waals surface area contributed by atoms with Gasteiger partial charge in [0.1, 0.15) is 6.04 Å². The van der Waals surface area contributed by atoms with Crippen LogP contribution in [0.3, 0.4) is 0 Å². The molecule has 0 radical (unpaired) electrons. The Hall–Kier alpha value is -0.570. The lowest BCUT2D eigenvalue weighted by Gasteiger charge is -2.45. The summed E-state index contributed by atoms with van der Waals surface area (Å²) >= 11 is 0. The van der Waals surface area contributed by atoms with Gasteiger partial charge in [0.15, 0.2) is 0 Å². The minimum absolute atomic E-state index is 0.0856. The Morgan fingerprint density at radius 3 is 2.43 bits per heavy atom. The average molecular weight is 197 g/mol. The quantitative estimate of drug-likeness (QED) is 0.673. The van der Waals surface area contributed by atoms with Crippen LogP contribution >= 0.6 is 0 Å². The third-order valence-corrected chi connectivity index (χ3v) is 3.91. The zero-order chi connectivity index (χ0) is 10.0. The zero-order valence-corrected chi connectivity index (χ0v) is 8.59. The Balaban J connectivity index is 2.14. The lowest BCUT2D eigenvalue weighted by Crippen LogP contribution is -2.54. The van der Waals surface area contributed by atoms with Crippen LogP contribution in [0, 0.1) is 5.41 Å². The number of carbonyl (C=O) groups is 1. The fraction of sp³-hybridized carbons (Fsp3) is 0.909. The Morgan fingerprint density at radius 1 is 1.14 bits per heavy atom. The highest BCUT2D eigenvalue weighted by atomic mass is 16.4. The van der Waals surface area contributed by atoms with E-state index >= 15 is 0 Å². The molecule has 2 fully saturated rings. The summed E-state index contributed by atoms with van der Waals surface area (Å²) in [5.74, 6) is -0.647. The highest BCUT2D eigenvalue weighted by Gasteiger charge is 2.44. The van der Waals surface area contributed by atoms with Gasteiger partial charge in [-0.25, -0.2) is 0 Å². The number of piperidine rings is 1. The summed E-state index contributed by atoms with van der Waals surface area (Å²) < 4.78 is 0. The molecular formula is C11H19NO2. The van der Waals surface area contributed by atoms with Gasteiger partial charge in [-0.2, -0.15) is 0 Å². The van der Waals surface area contributed by atoms with Crippen LogP contribution in [0.2, 0.25) is 0 Å². The van der Waals surface area contributed by atoms with Gasteiger partial charge in [0.25, 0.3) is 0 Å². The number of rotatable bonds is 1. The average Bonchev–Trinajstić information content (AvgIpc) is 2.19. The number of carboxylic acid groups (broad SMARTS) is 1. The number of nitrogens with one attached hydrogen (secondary N) is 1. The van der Waals surface area contributed by atoms with Crippen LogP contribution in [0.5, 0.6) is 0 Å². The maximum atomic E-state index is 11.2. The molecular weight excluding hydrogens is 178 g/mol. The van der Waals surface area contributed by atoms with Crippen LogP contribution in [0.25, 0.3) is 0 Å². The molecule has 80 valence electrons. The molecule has 1 spiro atoms. The molecule has 2 rings (SSSR count). The van der Waals surface area contributed by atoms with Crippen LogP contribution in [-0.4, -0.2) is 23.7 Å². The second-order valence-corrected chi connectivity index (χ2v) is 4.75. The molecule has 0 unspecified atom stereocenters. The van der Waals surface area contributed by atoms with Gasteiger partial charge in [0.2, 0.25) is 0 Å². The molecule has 2 N–H and O–H groups in total. The van der Waals surface area contributed by atoms with Crippen LogP contribution in [-0.2, 0) is 4.79 Å². The highest BCUT2D eigenvalue weighted by molar-refractivity contribution is 5.74. The normalized spacial score (nSPS) is 31.6. The summed E-state index contributed by atoms with van der Waals surface area (Å²) in [4.78, 5) is 11.2. The van der Waals surface area contributed by atoms with Gasteiger partial charge >= 0.3 is 5.97 Å². The maximum absolute atomic E-state index is 11.2. The Labute approximate surface area is 84.9 Å². The maximum Gasteiger partial charge on any atom is 0.321 e. The van der Waals surface area contributed by atoms with Gasteiger partial charge in [0, 0.05) is 0 Å². The summed E-state index contributed by atoms with van der Waals surface area (Å²) in [6.45, 7) is 0.874. The first-order valence-electron chi connectivity index (χ1n) is 5.71. The number of aliphatic carboxylic acids is 1. The van der Waals surface area contributed by atoms with Crippen LogP contribution in [0.1, 0.15) is 44.9 Å². The van der Waals surface area contributed by atoms with Gasteiger partial charge in [-0.05, 0) is 37.6 Å². The zero-order valence-electron chi connectivity index (χ0n) is 8.59. The fourth-order valence-corrected chi connectivity index (χ4v) is 3.19.